The van der Waals surface area contributed by atoms with E-state index in [4.69, 9.17) is 0 Å². The van der Waals surface area contributed by atoms with Gasteiger partial charge in [0.15, 0.2) is 0 Å². The van der Waals surface area contributed by atoms with Crippen molar-refractivity contribution in [2.75, 3.05) is 0 Å². The van der Waals surface area contributed by atoms with Crippen LogP contribution in [0.4, 0.5) is 0 Å². The average Bonchev–Trinajstić information content (AvgIpc) is 2.33. The van der Waals surface area contributed by atoms with Crippen LogP contribution in [0.1, 0.15) is 46.0 Å². The molecule has 0 bridgehead atoms. The normalized spacial score (nSPS) is 19.3. The van der Waals surface area contributed by atoms with Gasteiger partial charge in [-0.05, 0) is 32.1 Å². The molecule has 0 N–H and O–H groups in total. The highest BCUT2D eigenvalue weighted by molar-refractivity contribution is 5.18. The highest BCUT2D eigenvalue weighted by Crippen LogP contribution is 2.29. The molecule has 52 valence electrons. The first-order valence-electron chi connectivity index (χ1n) is 4.08. The summed E-state index contributed by atoms with van der Waals surface area (Å²) in [5, 5.41) is 0. The molecule has 0 nitrogen and oxygen atoms in total. The molecule has 0 heteroatoms. The van der Waals surface area contributed by atoms with Crippen molar-refractivity contribution >= 4 is 0 Å². The Bertz CT molecular complexity index is 106. The molecule has 0 fully saturated rings. The third kappa shape index (κ3) is 1.35. The zero-order chi connectivity index (χ0) is 6.69. The third-order valence-electron chi connectivity index (χ3n) is 2.31. The van der Waals surface area contributed by atoms with Crippen LogP contribution >= 0.6 is 0 Å². The minimum Gasteiger partial charge on any atom is -0.0713 e. The molecule has 0 aromatic rings. The fourth-order valence-corrected chi connectivity index (χ4v) is 1.72. The lowest BCUT2D eigenvalue weighted by atomic mass is 10.1. The molecule has 0 unspecified atom stereocenters. The molecule has 1 rings (SSSR count). The molecular weight excluding hydrogens is 108 g/mol. The molecule has 0 atom stereocenters. The van der Waals surface area contributed by atoms with Gasteiger partial charge >= 0.3 is 0 Å². The Hall–Kier alpha value is -0.260. The summed E-state index contributed by atoms with van der Waals surface area (Å²) in [7, 11) is 0. The van der Waals surface area contributed by atoms with Gasteiger partial charge in [-0.25, -0.2) is 0 Å². The van der Waals surface area contributed by atoms with E-state index in [2.05, 4.69) is 13.8 Å². The van der Waals surface area contributed by atoms with Crippen molar-refractivity contribution in [3.05, 3.63) is 11.1 Å². The number of allylic oxidation sites excluding steroid dienone is 2. The predicted molar refractivity (Wildman–Crippen MR) is 41.5 cm³/mol. The van der Waals surface area contributed by atoms with E-state index in [1.807, 2.05) is 0 Å². The first kappa shape index (κ1) is 6.85. The Labute approximate surface area is 58.0 Å². The minimum atomic E-state index is 1.29. The van der Waals surface area contributed by atoms with Gasteiger partial charge in [-0.3, -0.25) is 0 Å². The van der Waals surface area contributed by atoms with E-state index >= 15 is 0 Å². The maximum atomic E-state index is 2.27. The van der Waals surface area contributed by atoms with E-state index in [9.17, 15) is 0 Å². The van der Waals surface area contributed by atoms with E-state index in [1.54, 1.807) is 11.1 Å². The topological polar surface area (TPSA) is 0 Å². The standard InChI is InChI=1S/C9H16/c1-3-8-6-5-7-9(8)4-2/h3-7H2,1-2H3. The average molecular weight is 124 g/mol. The van der Waals surface area contributed by atoms with Gasteiger partial charge < -0.3 is 0 Å². The molecule has 0 saturated heterocycles. The molecule has 0 aliphatic heterocycles. The van der Waals surface area contributed by atoms with Crippen LogP contribution in [0.15, 0.2) is 11.1 Å². The Morgan fingerprint density at radius 3 is 1.78 bits per heavy atom. The largest absolute Gasteiger partial charge is 0.0713 e. The van der Waals surface area contributed by atoms with Crippen LogP contribution in [0, 0.1) is 0 Å². The van der Waals surface area contributed by atoms with Gasteiger partial charge in [-0.1, -0.05) is 25.0 Å². The molecular formula is C9H16. The molecule has 1 aliphatic carbocycles. The van der Waals surface area contributed by atoms with Crippen LogP contribution in [0.3, 0.4) is 0 Å². The fraction of sp³-hybridized carbons (Fsp3) is 0.778. The van der Waals surface area contributed by atoms with Gasteiger partial charge in [0, 0.05) is 0 Å². The summed E-state index contributed by atoms with van der Waals surface area (Å²) >= 11 is 0. The summed E-state index contributed by atoms with van der Waals surface area (Å²) in [6.07, 6.45) is 6.79. The first-order valence-corrected chi connectivity index (χ1v) is 4.08. The Kier molecular flexibility index (Phi) is 2.32. The quantitative estimate of drug-likeness (QED) is 0.495. The lowest BCUT2D eigenvalue weighted by Crippen LogP contribution is -1.78. The number of hydrogen-bond acceptors (Lipinski definition) is 0. The van der Waals surface area contributed by atoms with Crippen molar-refractivity contribution in [2.45, 2.75) is 46.0 Å². The fourth-order valence-electron chi connectivity index (χ4n) is 1.72. The first-order chi connectivity index (χ1) is 4.38. The lowest BCUT2D eigenvalue weighted by molar-refractivity contribution is 0.864. The molecule has 0 radical (unpaired) electrons. The van der Waals surface area contributed by atoms with Gasteiger partial charge in [0.1, 0.15) is 0 Å². The number of rotatable bonds is 2. The monoisotopic (exact) mass is 124 g/mol. The highest BCUT2D eigenvalue weighted by atomic mass is 14.2. The molecule has 0 heterocycles. The van der Waals surface area contributed by atoms with Gasteiger partial charge in [0.25, 0.3) is 0 Å². The molecule has 0 amide bonds. The van der Waals surface area contributed by atoms with Crippen molar-refractivity contribution in [3.8, 4) is 0 Å². The number of hydrogen-bond donors (Lipinski definition) is 0. The van der Waals surface area contributed by atoms with Crippen LogP contribution in [0.5, 0.6) is 0 Å². The van der Waals surface area contributed by atoms with E-state index in [1.165, 1.54) is 32.1 Å². The van der Waals surface area contributed by atoms with Crippen LogP contribution in [-0.2, 0) is 0 Å². The summed E-state index contributed by atoms with van der Waals surface area (Å²) in [4.78, 5) is 0. The Morgan fingerprint density at radius 1 is 1.00 bits per heavy atom. The second-order valence-corrected chi connectivity index (χ2v) is 2.77. The Balaban J connectivity index is 2.59. The van der Waals surface area contributed by atoms with Crippen molar-refractivity contribution in [3.63, 3.8) is 0 Å². The summed E-state index contributed by atoms with van der Waals surface area (Å²) in [5.74, 6) is 0. The van der Waals surface area contributed by atoms with Gasteiger partial charge in [0.2, 0.25) is 0 Å². The predicted octanol–water partition coefficient (Wildman–Crippen LogP) is 3.29. The van der Waals surface area contributed by atoms with E-state index in [0.29, 0.717) is 0 Å². The maximum Gasteiger partial charge on any atom is -0.0315 e. The molecule has 0 spiro atoms. The second-order valence-electron chi connectivity index (χ2n) is 2.77. The lowest BCUT2D eigenvalue weighted by Gasteiger charge is -1.99. The van der Waals surface area contributed by atoms with E-state index in [0.717, 1.165) is 0 Å². The molecule has 1 aliphatic rings. The van der Waals surface area contributed by atoms with Crippen LogP contribution < -0.4 is 0 Å². The Morgan fingerprint density at radius 2 is 1.44 bits per heavy atom. The summed E-state index contributed by atoms with van der Waals surface area (Å²) in [5.41, 5.74) is 3.50. The van der Waals surface area contributed by atoms with Crippen molar-refractivity contribution < 1.29 is 0 Å². The zero-order valence-corrected chi connectivity index (χ0v) is 6.54. The maximum absolute atomic E-state index is 2.27. The highest BCUT2D eigenvalue weighted by Gasteiger charge is 2.09. The van der Waals surface area contributed by atoms with Crippen LogP contribution in [-0.4, -0.2) is 0 Å². The molecule has 0 aromatic carbocycles. The van der Waals surface area contributed by atoms with Crippen molar-refractivity contribution in [1.29, 1.82) is 0 Å². The second kappa shape index (κ2) is 3.05. The van der Waals surface area contributed by atoms with E-state index in [-0.39, 0.29) is 0 Å². The SMILES string of the molecule is CCC1=C(CC)CCC1. The van der Waals surface area contributed by atoms with Crippen LogP contribution in [0.25, 0.3) is 0 Å². The summed E-state index contributed by atoms with van der Waals surface area (Å²) < 4.78 is 0. The van der Waals surface area contributed by atoms with Crippen LogP contribution in [0.2, 0.25) is 0 Å². The summed E-state index contributed by atoms with van der Waals surface area (Å²) in [6.45, 7) is 4.55. The third-order valence-corrected chi connectivity index (χ3v) is 2.31. The smallest absolute Gasteiger partial charge is 0.0315 e. The summed E-state index contributed by atoms with van der Waals surface area (Å²) in [6, 6.07) is 0. The van der Waals surface area contributed by atoms with Crippen molar-refractivity contribution in [2.24, 2.45) is 0 Å². The molecule has 9 heavy (non-hydrogen) atoms. The van der Waals surface area contributed by atoms with Gasteiger partial charge in [0.05, 0.1) is 0 Å². The molecule has 0 aromatic heterocycles. The van der Waals surface area contributed by atoms with E-state index < -0.39 is 0 Å². The molecule has 0 saturated carbocycles. The zero-order valence-electron chi connectivity index (χ0n) is 6.54. The minimum absolute atomic E-state index is 1.29. The van der Waals surface area contributed by atoms with Gasteiger partial charge in [-0.15, -0.1) is 0 Å². The van der Waals surface area contributed by atoms with Crippen molar-refractivity contribution in [1.82, 2.24) is 0 Å². The van der Waals surface area contributed by atoms with Gasteiger partial charge in [-0.2, -0.15) is 0 Å².